The van der Waals surface area contributed by atoms with Gasteiger partial charge in [0.25, 0.3) is 0 Å². The summed E-state index contributed by atoms with van der Waals surface area (Å²) in [6, 6.07) is 7.80. The van der Waals surface area contributed by atoms with Crippen LogP contribution in [0.5, 0.6) is 0 Å². The van der Waals surface area contributed by atoms with Crippen molar-refractivity contribution in [3.8, 4) is 12.3 Å². The largest absolute Gasteiger partial charge is 0.385 e. The molecule has 0 aliphatic rings. The van der Waals surface area contributed by atoms with Crippen LogP contribution in [0.3, 0.4) is 0 Å². The van der Waals surface area contributed by atoms with Gasteiger partial charge in [-0.3, -0.25) is 0 Å². The van der Waals surface area contributed by atoms with Crippen LogP contribution in [0.1, 0.15) is 31.7 Å². The average molecular weight is 228 g/mol. The van der Waals surface area contributed by atoms with Crippen molar-refractivity contribution >= 4 is 11.0 Å². The van der Waals surface area contributed by atoms with Crippen molar-refractivity contribution in [1.29, 1.82) is 0 Å². The number of aliphatic hydroxyl groups is 1. The van der Waals surface area contributed by atoms with Crippen LogP contribution >= 0.6 is 0 Å². The van der Waals surface area contributed by atoms with Crippen LogP contribution in [0.4, 0.5) is 0 Å². The molecule has 0 fully saturated rings. The Hall–Kier alpha value is -1.79. The molecule has 2 rings (SSSR count). The van der Waals surface area contributed by atoms with Crippen LogP contribution < -0.4 is 0 Å². The summed E-state index contributed by atoms with van der Waals surface area (Å²) in [5, 5.41) is 10.1. The summed E-state index contributed by atoms with van der Waals surface area (Å²) >= 11 is 0. The Kier molecular flexibility index (Phi) is 3.46. The van der Waals surface area contributed by atoms with Crippen molar-refractivity contribution in [3.05, 3.63) is 30.1 Å². The third kappa shape index (κ3) is 2.17. The lowest BCUT2D eigenvalue weighted by Gasteiger charge is -2.10. The summed E-state index contributed by atoms with van der Waals surface area (Å²) in [4.78, 5) is 4.47. The monoisotopic (exact) mass is 228 g/mol. The number of hydrogen-bond donors (Lipinski definition) is 1. The molecule has 88 valence electrons. The number of rotatable bonds is 4. The van der Waals surface area contributed by atoms with Crippen molar-refractivity contribution in [1.82, 2.24) is 9.55 Å². The molecule has 17 heavy (non-hydrogen) atoms. The molecule has 0 aliphatic carbocycles. The maximum atomic E-state index is 10.1. The van der Waals surface area contributed by atoms with Gasteiger partial charge < -0.3 is 9.67 Å². The number of fused-ring (bicyclic) bond motifs is 1. The van der Waals surface area contributed by atoms with E-state index in [9.17, 15) is 5.11 Å². The summed E-state index contributed by atoms with van der Waals surface area (Å²) in [5.74, 6) is 3.28. The molecule has 0 saturated heterocycles. The van der Waals surface area contributed by atoms with Gasteiger partial charge in [0.1, 0.15) is 11.9 Å². The molecule has 0 spiro atoms. The van der Waals surface area contributed by atoms with Crippen molar-refractivity contribution < 1.29 is 5.11 Å². The van der Waals surface area contributed by atoms with Crippen molar-refractivity contribution in [2.75, 3.05) is 0 Å². The van der Waals surface area contributed by atoms with E-state index in [0.717, 1.165) is 17.5 Å². The molecule has 3 nitrogen and oxygen atoms in total. The smallest absolute Gasteiger partial charge is 0.139 e. The van der Waals surface area contributed by atoms with Crippen LogP contribution in [-0.2, 0) is 6.54 Å². The first-order chi connectivity index (χ1) is 8.27. The number of hydrogen-bond acceptors (Lipinski definition) is 2. The second-order valence-electron chi connectivity index (χ2n) is 4.05. The second kappa shape index (κ2) is 5.03. The van der Waals surface area contributed by atoms with Crippen LogP contribution in [0.25, 0.3) is 11.0 Å². The maximum absolute atomic E-state index is 10.1. The molecular formula is C14H16N2O. The van der Waals surface area contributed by atoms with Gasteiger partial charge in [0.05, 0.1) is 17.6 Å². The Bertz CT molecular complexity index is 551. The van der Waals surface area contributed by atoms with Gasteiger partial charge in [-0.1, -0.05) is 31.4 Å². The number of benzene rings is 1. The molecule has 3 heteroatoms. The summed E-state index contributed by atoms with van der Waals surface area (Å²) in [7, 11) is 0. The Morgan fingerprint density at radius 3 is 2.94 bits per heavy atom. The first kappa shape index (κ1) is 11.7. The van der Waals surface area contributed by atoms with Gasteiger partial charge in [0, 0.05) is 0 Å². The average Bonchev–Trinajstić information content (AvgIpc) is 2.70. The Balaban J connectivity index is 2.54. The Labute approximate surface area is 101 Å². The van der Waals surface area contributed by atoms with Gasteiger partial charge in [0.2, 0.25) is 0 Å². The fraction of sp³-hybridized carbons (Fsp3) is 0.357. The summed E-state index contributed by atoms with van der Waals surface area (Å²) in [6.07, 6.45) is 6.45. The number of aromatic nitrogens is 2. The summed E-state index contributed by atoms with van der Waals surface area (Å²) in [6.45, 7) is 2.48. The lowest BCUT2D eigenvalue weighted by Crippen LogP contribution is -2.08. The van der Waals surface area contributed by atoms with E-state index >= 15 is 0 Å². The van der Waals surface area contributed by atoms with E-state index in [4.69, 9.17) is 6.42 Å². The minimum atomic E-state index is -0.541. The number of terminal acetylenes is 1. The van der Waals surface area contributed by atoms with Gasteiger partial charge in [-0.15, -0.1) is 6.42 Å². The maximum Gasteiger partial charge on any atom is 0.139 e. The fourth-order valence-electron chi connectivity index (χ4n) is 2.01. The molecule has 1 atom stereocenters. The lowest BCUT2D eigenvalue weighted by molar-refractivity contribution is 0.153. The van der Waals surface area contributed by atoms with Crippen LogP contribution in [0.15, 0.2) is 24.3 Å². The third-order valence-electron chi connectivity index (χ3n) is 2.79. The van der Waals surface area contributed by atoms with E-state index in [0.29, 0.717) is 18.8 Å². The highest BCUT2D eigenvalue weighted by atomic mass is 16.3. The fourth-order valence-corrected chi connectivity index (χ4v) is 2.01. The predicted octanol–water partition coefficient (Wildman–Crippen LogP) is 2.50. The highest BCUT2D eigenvalue weighted by Gasteiger charge is 2.16. The van der Waals surface area contributed by atoms with Crippen LogP contribution in [0, 0.1) is 12.3 Å². The predicted molar refractivity (Wildman–Crippen MR) is 68.4 cm³/mol. The highest BCUT2D eigenvalue weighted by Crippen LogP contribution is 2.23. The van der Waals surface area contributed by atoms with E-state index in [1.807, 2.05) is 35.8 Å². The molecule has 0 radical (unpaired) electrons. The number of aliphatic hydroxyl groups excluding tert-OH is 1. The van der Waals surface area contributed by atoms with E-state index in [-0.39, 0.29) is 0 Å². The SMILES string of the molecule is C#CCn1c([C@@H](O)CCC)nc2ccccc21. The van der Waals surface area contributed by atoms with Crippen molar-refractivity contribution in [3.63, 3.8) is 0 Å². The molecule has 0 amide bonds. The van der Waals surface area contributed by atoms with Gasteiger partial charge in [-0.05, 0) is 18.6 Å². The molecule has 0 unspecified atom stereocenters. The summed E-state index contributed by atoms with van der Waals surface area (Å²) in [5.41, 5.74) is 1.86. The minimum Gasteiger partial charge on any atom is -0.385 e. The molecule has 1 aromatic heterocycles. The number of nitrogens with zero attached hydrogens (tertiary/aromatic N) is 2. The van der Waals surface area contributed by atoms with Gasteiger partial charge in [-0.25, -0.2) is 4.98 Å². The molecule has 0 saturated carbocycles. The molecule has 0 aliphatic heterocycles. The van der Waals surface area contributed by atoms with Crippen LogP contribution in [0.2, 0.25) is 0 Å². The lowest BCUT2D eigenvalue weighted by atomic mass is 10.2. The van der Waals surface area contributed by atoms with Crippen molar-refractivity contribution in [2.45, 2.75) is 32.4 Å². The summed E-state index contributed by atoms with van der Waals surface area (Å²) < 4.78 is 1.91. The molecule has 1 N–H and O–H groups in total. The molecule has 1 aromatic carbocycles. The zero-order valence-electron chi connectivity index (χ0n) is 9.93. The standard InChI is InChI=1S/C14H16N2O/c1-3-7-13(17)14-15-11-8-5-6-9-12(11)16(14)10-4-2/h2,5-6,8-9,13,17H,3,7,10H2,1H3/t13-/m0/s1. The van der Waals surface area contributed by atoms with Gasteiger partial charge in [0.15, 0.2) is 0 Å². The zero-order valence-corrected chi connectivity index (χ0v) is 9.93. The first-order valence-corrected chi connectivity index (χ1v) is 5.84. The minimum absolute atomic E-state index is 0.441. The molecule has 1 heterocycles. The number of imidazole rings is 1. The van der Waals surface area contributed by atoms with E-state index < -0.39 is 6.10 Å². The first-order valence-electron chi connectivity index (χ1n) is 5.84. The highest BCUT2D eigenvalue weighted by molar-refractivity contribution is 5.76. The van der Waals surface area contributed by atoms with E-state index in [1.54, 1.807) is 0 Å². The third-order valence-corrected chi connectivity index (χ3v) is 2.79. The van der Waals surface area contributed by atoms with Crippen LogP contribution in [-0.4, -0.2) is 14.7 Å². The molecule has 2 aromatic rings. The van der Waals surface area contributed by atoms with E-state index in [1.165, 1.54) is 0 Å². The molecule has 0 bridgehead atoms. The topological polar surface area (TPSA) is 38.0 Å². The van der Waals surface area contributed by atoms with E-state index in [2.05, 4.69) is 10.9 Å². The van der Waals surface area contributed by atoms with Gasteiger partial charge in [-0.2, -0.15) is 0 Å². The second-order valence-corrected chi connectivity index (χ2v) is 4.05. The molecular weight excluding hydrogens is 212 g/mol. The zero-order chi connectivity index (χ0) is 12.3. The number of para-hydroxylation sites is 2. The Morgan fingerprint density at radius 2 is 2.24 bits per heavy atom. The Morgan fingerprint density at radius 1 is 1.47 bits per heavy atom. The van der Waals surface area contributed by atoms with Crippen molar-refractivity contribution in [2.24, 2.45) is 0 Å². The van der Waals surface area contributed by atoms with Gasteiger partial charge >= 0.3 is 0 Å². The normalized spacial score (nSPS) is 12.5. The quantitative estimate of drug-likeness (QED) is 0.816.